The van der Waals surface area contributed by atoms with Crippen molar-refractivity contribution >= 4 is 17.2 Å². The zero-order valence-electron chi connectivity index (χ0n) is 14.3. The third kappa shape index (κ3) is 4.00. The first kappa shape index (κ1) is 17.1. The van der Waals surface area contributed by atoms with Gasteiger partial charge in [-0.3, -0.25) is 9.69 Å². The molecule has 0 radical (unpaired) electrons. The van der Waals surface area contributed by atoms with E-state index in [-0.39, 0.29) is 11.7 Å². The minimum Gasteiger partial charge on any atom is -0.374 e. The molecule has 3 heterocycles. The normalized spacial score (nSPS) is 18.7. The molecule has 0 amide bonds. The molecule has 130 valence electrons. The molecule has 0 aliphatic carbocycles. The lowest BCUT2D eigenvalue weighted by Crippen LogP contribution is -2.47. The molecule has 2 aromatic rings. The van der Waals surface area contributed by atoms with Crippen LogP contribution >= 0.6 is 11.3 Å². The lowest BCUT2D eigenvalue weighted by Gasteiger charge is -2.34. The first-order chi connectivity index (χ1) is 11.5. The summed E-state index contributed by atoms with van der Waals surface area (Å²) < 4.78 is 7.42. The monoisotopic (exact) mass is 349 g/mol. The Morgan fingerprint density at radius 2 is 2.33 bits per heavy atom. The number of likely N-dealkylation sites (N-methyl/N-ethyl adjacent to an activating group) is 1. The number of aromatic nitrogens is 3. The Labute approximate surface area is 145 Å². The predicted molar refractivity (Wildman–Crippen MR) is 94.6 cm³/mol. The van der Waals surface area contributed by atoms with Gasteiger partial charge in [-0.1, -0.05) is 0 Å². The molecule has 1 fully saturated rings. The van der Waals surface area contributed by atoms with Crippen LogP contribution in [-0.4, -0.2) is 58.8 Å². The number of rotatable bonds is 5. The van der Waals surface area contributed by atoms with Crippen molar-refractivity contribution in [2.45, 2.75) is 19.6 Å². The van der Waals surface area contributed by atoms with Gasteiger partial charge in [0.25, 0.3) is 5.56 Å². The summed E-state index contributed by atoms with van der Waals surface area (Å²) in [5, 5.41) is 3.22. The molecule has 7 nitrogen and oxygen atoms in total. The lowest BCUT2D eigenvalue weighted by molar-refractivity contribution is -0.0265. The molecule has 8 heteroatoms. The first-order valence-corrected chi connectivity index (χ1v) is 8.88. The molecule has 0 N–H and O–H groups in total. The van der Waals surface area contributed by atoms with Crippen molar-refractivity contribution in [1.82, 2.24) is 19.4 Å². The number of hydrogen-bond acceptors (Lipinski definition) is 7. The van der Waals surface area contributed by atoms with E-state index in [2.05, 4.69) is 20.2 Å². The Kier molecular flexibility index (Phi) is 5.27. The number of morpholine rings is 1. The van der Waals surface area contributed by atoms with Crippen LogP contribution in [0.25, 0.3) is 0 Å². The number of thiazole rings is 1. The molecule has 24 heavy (non-hydrogen) atoms. The quantitative estimate of drug-likeness (QED) is 0.799. The van der Waals surface area contributed by atoms with Crippen LogP contribution in [0.3, 0.4) is 0 Å². The fraction of sp³-hybridized carbons (Fsp3) is 0.562. The van der Waals surface area contributed by atoms with Crippen molar-refractivity contribution in [2.75, 3.05) is 38.2 Å². The number of aryl methyl sites for hydroxylation is 2. The fourth-order valence-corrected chi connectivity index (χ4v) is 3.65. The minimum atomic E-state index is -0.0917. The van der Waals surface area contributed by atoms with Crippen LogP contribution < -0.4 is 10.5 Å². The zero-order chi connectivity index (χ0) is 17.1. The molecule has 1 unspecified atom stereocenters. The van der Waals surface area contributed by atoms with E-state index in [0.717, 1.165) is 30.3 Å². The Bertz CT molecular complexity index is 744. The summed E-state index contributed by atoms with van der Waals surface area (Å²) in [6.45, 7) is 5.95. The maximum Gasteiger partial charge on any atom is 0.293 e. The minimum absolute atomic E-state index is 0.0523. The molecule has 1 aliphatic heterocycles. The third-order valence-corrected chi connectivity index (χ3v) is 5.04. The van der Waals surface area contributed by atoms with Crippen LogP contribution in [0, 0.1) is 6.92 Å². The van der Waals surface area contributed by atoms with Crippen LogP contribution in [-0.2, 0) is 18.3 Å². The van der Waals surface area contributed by atoms with Gasteiger partial charge in [0.2, 0.25) is 0 Å². The molecule has 3 rings (SSSR count). The molecule has 0 spiro atoms. The van der Waals surface area contributed by atoms with E-state index in [4.69, 9.17) is 4.74 Å². The van der Waals surface area contributed by atoms with Crippen LogP contribution in [0.1, 0.15) is 10.7 Å². The van der Waals surface area contributed by atoms with Crippen LogP contribution in [0.4, 0.5) is 5.82 Å². The van der Waals surface area contributed by atoms with Gasteiger partial charge in [0, 0.05) is 57.2 Å². The summed E-state index contributed by atoms with van der Waals surface area (Å²) in [5.74, 6) is 0.455. The standard InChI is InChI=1S/C16H23N5O2S/c1-12-11-24-14(18-12)10-21-6-7-23-13(9-21)8-20(3)15-16(22)19(2)5-4-17-15/h4-5,11,13H,6-10H2,1-3H3. The van der Waals surface area contributed by atoms with Crippen LogP contribution in [0.5, 0.6) is 0 Å². The zero-order valence-corrected chi connectivity index (χ0v) is 15.1. The van der Waals surface area contributed by atoms with Crippen molar-refractivity contribution < 1.29 is 4.74 Å². The van der Waals surface area contributed by atoms with Crippen molar-refractivity contribution in [3.8, 4) is 0 Å². The van der Waals surface area contributed by atoms with Gasteiger partial charge >= 0.3 is 0 Å². The molecule has 1 atom stereocenters. The summed E-state index contributed by atoms with van der Waals surface area (Å²) >= 11 is 1.70. The number of hydrogen-bond donors (Lipinski definition) is 0. The second-order valence-electron chi connectivity index (χ2n) is 6.16. The second-order valence-corrected chi connectivity index (χ2v) is 7.10. The predicted octanol–water partition coefficient (Wildman–Crippen LogP) is 0.882. The molecule has 1 saturated heterocycles. The second kappa shape index (κ2) is 7.42. The van der Waals surface area contributed by atoms with Gasteiger partial charge in [0.1, 0.15) is 5.01 Å². The number of nitrogens with zero attached hydrogens (tertiary/aromatic N) is 5. The van der Waals surface area contributed by atoms with Crippen molar-refractivity contribution in [2.24, 2.45) is 7.05 Å². The van der Waals surface area contributed by atoms with Gasteiger partial charge in [-0.25, -0.2) is 9.97 Å². The number of anilines is 1. The summed E-state index contributed by atoms with van der Waals surface area (Å²) in [4.78, 5) is 25.1. The third-order valence-electron chi connectivity index (χ3n) is 4.09. The molecule has 2 aromatic heterocycles. The highest BCUT2D eigenvalue weighted by Crippen LogP contribution is 2.15. The Morgan fingerprint density at radius 1 is 1.50 bits per heavy atom. The van der Waals surface area contributed by atoms with E-state index in [1.54, 1.807) is 30.8 Å². The van der Waals surface area contributed by atoms with E-state index < -0.39 is 0 Å². The van der Waals surface area contributed by atoms with E-state index in [1.807, 2.05) is 18.9 Å². The highest BCUT2D eigenvalue weighted by Gasteiger charge is 2.23. The lowest BCUT2D eigenvalue weighted by atomic mass is 10.2. The average molecular weight is 349 g/mol. The van der Waals surface area contributed by atoms with Gasteiger partial charge in [0.15, 0.2) is 5.82 Å². The average Bonchev–Trinajstić information content (AvgIpc) is 2.95. The van der Waals surface area contributed by atoms with Gasteiger partial charge < -0.3 is 14.2 Å². The summed E-state index contributed by atoms with van der Waals surface area (Å²) in [7, 11) is 3.62. The van der Waals surface area contributed by atoms with E-state index >= 15 is 0 Å². The topological polar surface area (TPSA) is 63.5 Å². The van der Waals surface area contributed by atoms with Crippen LogP contribution in [0.15, 0.2) is 22.6 Å². The maximum atomic E-state index is 12.2. The van der Waals surface area contributed by atoms with E-state index in [9.17, 15) is 4.79 Å². The summed E-state index contributed by atoms with van der Waals surface area (Å²) in [6.07, 6.45) is 3.36. The smallest absolute Gasteiger partial charge is 0.293 e. The molecule has 1 aliphatic rings. The van der Waals surface area contributed by atoms with Crippen molar-refractivity contribution in [1.29, 1.82) is 0 Å². The van der Waals surface area contributed by atoms with Gasteiger partial charge in [-0.2, -0.15) is 0 Å². The largest absolute Gasteiger partial charge is 0.374 e. The fourth-order valence-electron chi connectivity index (χ4n) is 2.84. The van der Waals surface area contributed by atoms with E-state index in [1.165, 1.54) is 4.57 Å². The molecular formula is C16H23N5O2S. The summed E-state index contributed by atoms with van der Waals surface area (Å²) in [5.41, 5.74) is 0.983. The van der Waals surface area contributed by atoms with Crippen molar-refractivity contribution in [3.05, 3.63) is 38.8 Å². The Balaban J connectivity index is 1.60. The van der Waals surface area contributed by atoms with Gasteiger partial charge in [0.05, 0.1) is 19.3 Å². The van der Waals surface area contributed by atoms with E-state index in [0.29, 0.717) is 19.0 Å². The molecule has 0 saturated carbocycles. The Hall–Kier alpha value is -1.77. The number of ether oxygens (including phenoxy) is 1. The Morgan fingerprint density at radius 3 is 3.08 bits per heavy atom. The van der Waals surface area contributed by atoms with Crippen molar-refractivity contribution in [3.63, 3.8) is 0 Å². The first-order valence-electron chi connectivity index (χ1n) is 8.00. The molecule has 0 bridgehead atoms. The molecule has 0 aromatic carbocycles. The highest BCUT2D eigenvalue weighted by atomic mass is 32.1. The van der Waals surface area contributed by atoms with Gasteiger partial charge in [-0.15, -0.1) is 11.3 Å². The maximum absolute atomic E-state index is 12.2. The van der Waals surface area contributed by atoms with Gasteiger partial charge in [-0.05, 0) is 6.92 Å². The SMILES string of the molecule is Cc1csc(CN2CCOC(CN(C)c3nccn(C)c3=O)C2)n1. The highest BCUT2D eigenvalue weighted by molar-refractivity contribution is 7.09. The van der Waals surface area contributed by atoms with Crippen LogP contribution in [0.2, 0.25) is 0 Å². The molecular weight excluding hydrogens is 326 g/mol. The summed E-state index contributed by atoms with van der Waals surface area (Å²) in [6, 6.07) is 0.